The molecule has 0 aliphatic rings. The quantitative estimate of drug-likeness (QED) is 0.648. The average Bonchev–Trinajstić information content (AvgIpc) is 2.56. The zero-order valence-corrected chi connectivity index (χ0v) is 7.90. The van der Waals surface area contributed by atoms with Crippen molar-refractivity contribution in [3.63, 3.8) is 0 Å². The Kier molecular flexibility index (Phi) is 2.14. The van der Waals surface area contributed by atoms with Crippen LogP contribution < -0.4 is 11.3 Å². The topological polar surface area (TPSA) is 89.1 Å². The van der Waals surface area contributed by atoms with Gasteiger partial charge in [-0.25, -0.2) is 4.98 Å². The van der Waals surface area contributed by atoms with E-state index in [4.69, 9.17) is 12.2 Å². The molecule has 6 heteroatoms. The van der Waals surface area contributed by atoms with Crippen molar-refractivity contribution in [2.45, 2.75) is 12.8 Å². The molecule has 0 spiro atoms. The van der Waals surface area contributed by atoms with Gasteiger partial charge in [-0.05, 0) is 0 Å². The van der Waals surface area contributed by atoms with Gasteiger partial charge in [-0.3, -0.25) is 9.89 Å². The summed E-state index contributed by atoms with van der Waals surface area (Å²) in [6, 6.07) is 1.42. The summed E-state index contributed by atoms with van der Waals surface area (Å²) in [5.74, 6) is 2.92. The van der Waals surface area contributed by atoms with Crippen molar-refractivity contribution in [1.82, 2.24) is 19.6 Å². The SMILES string of the molecule is C#CCCc1cc(=O)n2[nH]c(N)nc2n1. The lowest BCUT2D eigenvalue weighted by Gasteiger charge is -1.95. The van der Waals surface area contributed by atoms with Crippen molar-refractivity contribution in [1.29, 1.82) is 0 Å². The van der Waals surface area contributed by atoms with Gasteiger partial charge in [0.1, 0.15) is 0 Å². The van der Waals surface area contributed by atoms with Crippen LogP contribution in [0.25, 0.3) is 5.78 Å². The molecule has 6 nitrogen and oxygen atoms in total. The largest absolute Gasteiger partial charge is 0.368 e. The highest BCUT2D eigenvalue weighted by molar-refractivity contribution is 5.34. The first-order valence-electron chi connectivity index (χ1n) is 4.38. The van der Waals surface area contributed by atoms with E-state index < -0.39 is 0 Å². The lowest BCUT2D eigenvalue weighted by Crippen LogP contribution is -2.15. The van der Waals surface area contributed by atoms with Crippen LogP contribution in [0.3, 0.4) is 0 Å². The summed E-state index contributed by atoms with van der Waals surface area (Å²) in [5.41, 5.74) is 5.80. The van der Waals surface area contributed by atoms with Gasteiger partial charge in [-0.1, -0.05) is 0 Å². The summed E-state index contributed by atoms with van der Waals surface area (Å²) in [6.45, 7) is 0. The minimum absolute atomic E-state index is 0.161. The molecule has 0 atom stereocenters. The van der Waals surface area contributed by atoms with Crippen LogP contribution in [-0.4, -0.2) is 19.6 Å². The van der Waals surface area contributed by atoms with Crippen LogP contribution in [0.4, 0.5) is 5.95 Å². The Labute approximate surface area is 85.1 Å². The monoisotopic (exact) mass is 203 g/mol. The van der Waals surface area contributed by atoms with Gasteiger partial charge < -0.3 is 5.73 Å². The minimum Gasteiger partial charge on any atom is -0.368 e. The number of nitrogens with zero attached hydrogens (tertiary/aromatic N) is 3. The van der Waals surface area contributed by atoms with Gasteiger partial charge in [0.15, 0.2) is 0 Å². The van der Waals surface area contributed by atoms with E-state index in [1.54, 1.807) is 0 Å². The second kappa shape index (κ2) is 3.46. The predicted octanol–water partition coefficient (Wildman–Crippen LogP) is -0.434. The normalized spacial score (nSPS) is 10.3. The molecular formula is C9H9N5O. The second-order valence-electron chi connectivity index (χ2n) is 3.03. The Balaban J connectivity index is 2.53. The molecule has 0 unspecified atom stereocenters. The van der Waals surface area contributed by atoms with Crippen LogP contribution in [0.1, 0.15) is 12.1 Å². The van der Waals surface area contributed by atoms with Crippen molar-refractivity contribution < 1.29 is 0 Å². The van der Waals surface area contributed by atoms with Gasteiger partial charge in [-0.15, -0.1) is 12.3 Å². The van der Waals surface area contributed by atoms with E-state index in [0.717, 1.165) is 0 Å². The number of terminal acetylenes is 1. The van der Waals surface area contributed by atoms with Gasteiger partial charge >= 0.3 is 0 Å². The van der Waals surface area contributed by atoms with Crippen LogP contribution in [0.5, 0.6) is 0 Å². The zero-order chi connectivity index (χ0) is 10.8. The predicted molar refractivity (Wildman–Crippen MR) is 55.2 cm³/mol. The van der Waals surface area contributed by atoms with Crippen molar-refractivity contribution >= 4 is 11.7 Å². The summed E-state index contributed by atoms with van der Waals surface area (Å²) in [7, 11) is 0. The molecular weight excluding hydrogens is 194 g/mol. The summed E-state index contributed by atoms with van der Waals surface area (Å²) in [5, 5.41) is 2.58. The highest BCUT2D eigenvalue weighted by Crippen LogP contribution is 2.00. The number of hydrogen-bond acceptors (Lipinski definition) is 4. The lowest BCUT2D eigenvalue weighted by atomic mass is 10.2. The van der Waals surface area contributed by atoms with Crippen molar-refractivity contribution in [2.24, 2.45) is 0 Å². The molecule has 0 saturated carbocycles. The molecule has 3 N–H and O–H groups in total. The Hall–Kier alpha value is -2.29. The lowest BCUT2D eigenvalue weighted by molar-refractivity contribution is 0.865. The number of hydrogen-bond donors (Lipinski definition) is 2. The van der Waals surface area contributed by atoms with Gasteiger partial charge in [0.2, 0.25) is 5.95 Å². The van der Waals surface area contributed by atoms with E-state index in [1.165, 1.54) is 10.6 Å². The first-order valence-corrected chi connectivity index (χ1v) is 4.38. The number of aryl methyl sites for hydroxylation is 1. The maximum Gasteiger partial charge on any atom is 0.274 e. The smallest absolute Gasteiger partial charge is 0.274 e. The van der Waals surface area contributed by atoms with Crippen LogP contribution in [0.15, 0.2) is 10.9 Å². The van der Waals surface area contributed by atoms with E-state index in [-0.39, 0.29) is 17.3 Å². The van der Waals surface area contributed by atoms with E-state index in [2.05, 4.69) is 21.0 Å². The van der Waals surface area contributed by atoms with E-state index in [1.807, 2.05) is 0 Å². The Morgan fingerprint density at radius 2 is 2.40 bits per heavy atom. The molecule has 15 heavy (non-hydrogen) atoms. The van der Waals surface area contributed by atoms with Crippen molar-refractivity contribution in [3.05, 3.63) is 22.1 Å². The molecule has 0 bridgehead atoms. The number of aromatic nitrogens is 4. The number of nitrogens with two attached hydrogens (primary N) is 1. The number of nitrogens with one attached hydrogen (secondary N) is 1. The van der Waals surface area contributed by atoms with Crippen molar-refractivity contribution in [2.75, 3.05) is 5.73 Å². The molecule has 2 rings (SSSR count). The maximum absolute atomic E-state index is 11.5. The first kappa shape index (κ1) is 9.27. The van der Waals surface area contributed by atoms with E-state index >= 15 is 0 Å². The van der Waals surface area contributed by atoms with Gasteiger partial charge in [0, 0.05) is 18.9 Å². The minimum atomic E-state index is -0.240. The molecule has 2 aromatic heterocycles. The molecule has 0 aromatic carbocycles. The highest BCUT2D eigenvalue weighted by atomic mass is 16.1. The standard InChI is InChI=1S/C9H9N5O/c1-2-3-4-6-5-7(15)14-9(11-6)12-8(10)13-14/h1,5H,3-4H2,(H3,10,11,12,13). The maximum atomic E-state index is 11.5. The molecule has 0 aliphatic heterocycles. The molecule has 0 aliphatic carbocycles. The fraction of sp³-hybridized carbons (Fsp3) is 0.222. The average molecular weight is 203 g/mol. The summed E-state index contributed by atoms with van der Waals surface area (Å²) in [6.07, 6.45) is 6.24. The summed E-state index contributed by atoms with van der Waals surface area (Å²) < 4.78 is 1.19. The van der Waals surface area contributed by atoms with E-state index in [0.29, 0.717) is 18.5 Å². The third-order valence-corrected chi connectivity index (χ3v) is 1.93. The summed E-state index contributed by atoms with van der Waals surface area (Å²) in [4.78, 5) is 19.5. The van der Waals surface area contributed by atoms with Crippen molar-refractivity contribution in [3.8, 4) is 12.3 Å². The molecule has 2 heterocycles. The molecule has 2 aromatic rings. The van der Waals surface area contributed by atoms with Crippen LogP contribution in [0, 0.1) is 12.3 Å². The molecule has 0 fully saturated rings. The second-order valence-corrected chi connectivity index (χ2v) is 3.03. The van der Waals surface area contributed by atoms with Crippen LogP contribution >= 0.6 is 0 Å². The highest BCUT2D eigenvalue weighted by Gasteiger charge is 2.05. The fourth-order valence-corrected chi connectivity index (χ4v) is 1.27. The Morgan fingerprint density at radius 3 is 3.13 bits per heavy atom. The number of anilines is 1. The fourth-order valence-electron chi connectivity index (χ4n) is 1.27. The Morgan fingerprint density at radius 1 is 1.60 bits per heavy atom. The number of H-pyrrole nitrogens is 1. The molecule has 76 valence electrons. The molecule has 0 radical (unpaired) electrons. The van der Waals surface area contributed by atoms with Gasteiger partial charge in [-0.2, -0.15) is 9.50 Å². The third-order valence-electron chi connectivity index (χ3n) is 1.93. The number of nitrogen functional groups attached to an aromatic ring is 1. The summed E-state index contributed by atoms with van der Waals surface area (Å²) >= 11 is 0. The molecule has 0 amide bonds. The van der Waals surface area contributed by atoms with Crippen LogP contribution in [0.2, 0.25) is 0 Å². The Bertz CT molecular complexity index is 589. The third kappa shape index (κ3) is 1.67. The first-order chi connectivity index (χ1) is 7.20. The zero-order valence-electron chi connectivity index (χ0n) is 7.90. The number of rotatable bonds is 2. The number of aromatic amines is 1. The number of fused-ring (bicyclic) bond motifs is 1. The van der Waals surface area contributed by atoms with Gasteiger partial charge in [0.25, 0.3) is 11.3 Å². The molecule has 0 saturated heterocycles. The van der Waals surface area contributed by atoms with Crippen LogP contribution in [-0.2, 0) is 6.42 Å². The van der Waals surface area contributed by atoms with E-state index in [9.17, 15) is 4.79 Å². The van der Waals surface area contributed by atoms with Gasteiger partial charge in [0.05, 0.1) is 5.69 Å².